The van der Waals surface area contributed by atoms with Crippen molar-refractivity contribution < 1.29 is 9.63 Å². The van der Waals surface area contributed by atoms with Gasteiger partial charge in [0.05, 0.1) is 11.6 Å². The fourth-order valence-corrected chi connectivity index (χ4v) is 2.79. The third-order valence-electron chi connectivity index (χ3n) is 3.78. The Labute approximate surface area is 122 Å². The van der Waals surface area contributed by atoms with Gasteiger partial charge in [0.1, 0.15) is 5.71 Å². The van der Waals surface area contributed by atoms with Gasteiger partial charge in [-0.05, 0) is 17.9 Å². The number of hydrogen-bond donors (Lipinski definition) is 1. The van der Waals surface area contributed by atoms with Crippen LogP contribution in [0.5, 0.6) is 0 Å². The Bertz CT molecular complexity index is 706. The van der Waals surface area contributed by atoms with Crippen molar-refractivity contribution in [2.75, 3.05) is 0 Å². The normalized spacial score (nSPS) is 21.1. The van der Waals surface area contributed by atoms with Gasteiger partial charge in [-0.15, -0.1) is 0 Å². The lowest BCUT2D eigenvalue weighted by Gasteiger charge is -2.15. The van der Waals surface area contributed by atoms with Crippen molar-refractivity contribution in [2.45, 2.75) is 25.9 Å². The number of primary amides is 1. The molecule has 0 spiro atoms. The van der Waals surface area contributed by atoms with E-state index in [4.69, 9.17) is 10.6 Å². The number of pyridine rings is 1. The highest BCUT2D eigenvalue weighted by Gasteiger charge is 2.39. The molecule has 0 bridgehead atoms. The smallest absolute Gasteiger partial charge is 0.262 e. The molecular formula is C16H17N3O2. The molecular weight excluding hydrogens is 266 g/mol. The quantitative estimate of drug-likeness (QED) is 0.934. The zero-order valence-electron chi connectivity index (χ0n) is 11.8. The summed E-state index contributed by atoms with van der Waals surface area (Å²) in [5, 5.41) is 6.21. The molecule has 5 nitrogen and oxygen atoms in total. The lowest BCUT2D eigenvalue weighted by Crippen LogP contribution is -2.36. The maximum absolute atomic E-state index is 11.5. The average molecular weight is 283 g/mol. The summed E-state index contributed by atoms with van der Waals surface area (Å²) in [6.45, 7) is 2.06. The Morgan fingerprint density at radius 1 is 1.33 bits per heavy atom. The van der Waals surface area contributed by atoms with Gasteiger partial charge in [-0.2, -0.15) is 0 Å². The van der Waals surface area contributed by atoms with Crippen LogP contribution < -0.4 is 5.73 Å². The molecule has 0 fully saturated rings. The number of nitrogens with two attached hydrogens (primary N) is 1. The molecule has 5 heteroatoms. The van der Waals surface area contributed by atoms with Gasteiger partial charge in [0.2, 0.25) is 6.10 Å². The molecule has 3 rings (SSSR count). The Balaban J connectivity index is 2.07. The first-order valence-corrected chi connectivity index (χ1v) is 7.09. The van der Waals surface area contributed by atoms with E-state index < -0.39 is 12.0 Å². The van der Waals surface area contributed by atoms with Crippen LogP contribution in [0.3, 0.4) is 0 Å². The van der Waals surface area contributed by atoms with E-state index in [1.807, 2.05) is 30.3 Å². The molecule has 0 saturated carbocycles. The minimum Gasteiger partial charge on any atom is -0.381 e. The number of benzene rings is 1. The van der Waals surface area contributed by atoms with Crippen molar-refractivity contribution in [1.29, 1.82) is 0 Å². The summed E-state index contributed by atoms with van der Waals surface area (Å²) in [4.78, 5) is 21.3. The number of carbonyl (C=O) groups excluding carboxylic acids is 1. The van der Waals surface area contributed by atoms with Gasteiger partial charge < -0.3 is 10.6 Å². The molecule has 1 aliphatic heterocycles. The molecule has 2 N–H and O–H groups in total. The second-order valence-corrected chi connectivity index (χ2v) is 5.18. The molecule has 2 aromatic rings. The van der Waals surface area contributed by atoms with E-state index in [1.165, 1.54) is 0 Å². The minimum absolute atomic E-state index is 0.134. The van der Waals surface area contributed by atoms with Gasteiger partial charge in [0, 0.05) is 11.6 Å². The van der Waals surface area contributed by atoms with Crippen LogP contribution in [-0.4, -0.2) is 22.7 Å². The first-order valence-electron chi connectivity index (χ1n) is 7.09. The van der Waals surface area contributed by atoms with Crippen molar-refractivity contribution in [3.05, 3.63) is 42.2 Å². The summed E-state index contributed by atoms with van der Waals surface area (Å²) in [5.41, 5.74) is 6.91. The van der Waals surface area contributed by atoms with E-state index in [2.05, 4.69) is 17.1 Å². The number of nitrogens with zero attached hydrogens (tertiary/aromatic N) is 2. The van der Waals surface area contributed by atoms with Crippen LogP contribution in [0.2, 0.25) is 0 Å². The van der Waals surface area contributed by atoms with E-state index in [-0.39, 0.29) is 5.92 Å². The number of carbonyl (C=O) groups is 1. The second-order valence-electron chi connectivity index (χ2n) is 5.18. The summed E-state index contributed by atoms with van der Waals surface area (Å²) < 4.78 is 0. The summed E-state index contributed by atoms with van der Waals surface area (Å²) in [6.07, 6.45) is 2.76. The van der Waals surface area contributed by atoms with Crippen LogP contribution in [0.1, 0.15) is 25.5 Å². The monoisotopic (exact) mass is 283 g/mol. The van der Waals surface area contributed by atoms with Crippen molar-refractivity contribution in [2.24, 2.45) is 16.8 Å². The minimum atomic E-state index is -0.694. The highest BCUT2D eigenvalue weighted by atomic mass is 16.6. The fraction of sp³-hybridized carbons (Fsp3) is 0.312. The van der Waals surface area contributed by atoms with E-state index in [0.717, 1.165) is 35.0 Å². The molecule has 1 aromatic heterocycles. The van der Waals surface area contributed by atoms with E-state index in [1.54, 1.807) is 6.20 Å². The average Bonchev–Trinajstić information content (AvgIpc) is 2.91. The first-order chi connectivity index (χ1) is 10.2. The molecule has 1 aromatic carbocycles. The van der Waals surface area contributed by atoms with Crippen LogP contribution in [0.25, 0.3) is 10.8 Å². The largest absolute Gasteiger partial charge is 0.381 e. The number of rotatable bonds is 4. The molecule has 2 heterocycles. The Kier molecular flexibility index (Phi) is 3.56. The van der Waals surface area contributed by atoms with Crippen molar-refractivity contribution in [1.82, 2.24) is 4.98 Å². The predicted octanol–water partition coefficient (Wildman–Crippen LogP) is 2.24. The maximum Gasteiger partial charge on any atom is 0.262 e. The molecule has 0 radical (unpaired) electrons. The molecule has 108 valence electrons. The van der Waals surface area contributed by atoms with Crippen LogP contribution in [0.4, 0.5) is 0 Å². The maximum atomic E-state index is 11.5. The third kappa shape index (κ3) is 2.35. The van der Waals surface area contributed by atoms with Gasteiger partial charge in [-0.1, -0.05) is 42.8 Å². The Morgan fingerprint density at radius 2 is 2.14 bits per heavy atom. The Hall–Kier alpha value is -2.43. The van der Waals surface area contributed by atoms with Gasteiger partial charge in [-0.3, -0.25) is 9.78 Å². The van der Waals surface area contributed by atoms with Crippen LogP contribution in [0, 0.1) is 5.92 Å². The van der Waals surface area contributed by atoms with Crippen molar-refractivity contribution in [3.63, 3.8) is 0 Å². The summed E-state index contributed by atoms with van der Waals surface area (Å²) in [5.74, 6) is -0.613. The summed E-state index contributed by atoms with van der Waals surface area (Å²) in [6, 6.07) is 9.92. The third-order valence-corrected chi connectivity index (χ3v) is 3.78. The predicted molar refractivity (Wildman–Crippen MR) is 80.7 cm³/mol. The number of oxime groups is 1. The number of aromatic nitrogens is 1. The lowest BCUT2D eigenvalue weighted by atomic mass is 9.89. The first kappa shape index (κ1) is 13.5. The van der Waals surface area contributed by atoms with Crippen molar-refractivity contribution in [3.8, 4) is 0 Å². The lowest BCUT2D eigenvalue weighted by molar-refractivity contribution is -0.129. The number of fused-ring (bicyclic) bond motifs is 1. The van der Waals surface area contributed by atoms with Gasteiger partial charge in [-0.25, -0.2) is 0 Å². The second kappa shape index (κ2) is 5.52. The Morgan fingerprint density at radius 3 is 2.90 bits per heavy atom. The molecule has 0 aliphatic carbocycles. The topological polar surface area (TPSA) is 77.6 Å². The van der Waals surface area contributed by atoms with Crippen LogP contribution >= 0.6 is 0 Å². The van der Waals surface area contributed by atoms with Gasteiger partial charge in [0.25, 0.3) is 5.91 Å². The van der Waals surface area contributed by atoms with Gasteiger partial charge in [0.15, 0.2) is 0 Å². The molecule has 2 unspecified atom stereocenters. The summed E-state index contributed by atoms with van der Waals surface area (Å²) >= 11 is 0. The molecule has 2 atom stereocenters. The van der Waals surface area contributed by atoms with Gasteiger partial charge >= 0.3 is 0 Å². The summed E-state index contributed by atoms with van der Waals surface area (Å²) in [7, 11) is 0. The van der Waals surface area contributed by atoms with Crippen LogP contribution in [-0.2, 0) is 9.63 Å². The SMILES string of the molecule is CCCC1C(c2nccc3ccccc23)=NOC1C(N)=O. The highest BCUT2D eigenvalue weighted by Crippen LogP contribution is 2.29. The van der Waals surface area contributed by atoms with Crippen molar-refractivity contribution >= 4 is 22.4 Å². The zero-order chi connectivity index (χ0) is 14.8. The molecule has 21 heavy (non-hydrogen) atoms. The van der Waals surface area contributed by atoms with Crippen LogP contribution in [0.15, 0.2) is 41.7 Å². The van der Waals surface area contributed by atoms with E-state index >= 15 is 0 Å². The fourth-order valence-electron chi connectivity index (χ4n) is 2.79. The van der Waals surface area contributed by atoms with E-state index in [0.29, 0.717) is 0 Å². The standard InChI is InChI=1S/C16H17N3O2/c1-2-5-12-14(19-21-15(12)16(17)20)13-11-7-4-3-6-10(11)8-9-18-13/h3-4,6-9,12,15H,2,5H2,1H3,(H2,17,20). The molecule has 1 aliphatic rings. The highest BCUT2D eigenvalue weighted by molar-refractivity contribution is 6.12. The molecule has 1 amide bonds. The zero-order valence-corrected chi connectivity index (χ0v) is 11.8. The number of hydrogen-bond acceptors (Lipinski definition) is 4. The number of amides is 1. The molecule has 0 saturated heterocycles. The van der Waals surface area contributed by atoms with E-state index in [9.17, 15) is 4.79 Å².